The van der Waals surface area contributed by atoms with Crippen molar-refractivity contribution in [3.05, 3.63) is 53.6 Å². The van der Waals surface area contributed by atoms with Crippen molar-refractivity contribution >= 4 is 50.8 Å². The second-order valence-electron chi connectivity index (χ2n) is 6.91. The number of ketones is 1. The van der Waals surface area contributed by atoms with Crippen LogP contribution in [-0.2, 0) is 0 Å². The minimum absolute atomic E-state index is 0.0602. The molecule has 0 aliphatic carbocycles. The number of rotatable bonds is 4. The number of H-pyrrole nitrogens is 1. The average Bonchev–Trinajstić information content (AvgIpc) is 2.93. The molecule has 3 rings (SSSR count). The first kappa shape index (κ1) is 17.5. The van der Waals surface area contributed by atoms with Gasteiger partial charge in [0.1, 0.15) is 0 Å². The molecule has 0 atom stereocenters. The molecule has 0 spiro atoms. The normalized spacial score (nSPS) is 11.5. The van der Waals surface area contributed by atoms with Gasteiger partial charge in [0.15, 0.2) is 0 Å². The number of nitrogens with zero attached hydrogens (tertiary/aromatic N) is 1. The van der Waals surface area contributed by atoms with Gasteiger partial charge in [-0.15, -0.1) is 0 Å². The van der Waals surface area contributed by atoms with Crippen molar-refractivity contribution < 1.29 is 14.7 Å². The number of aromatic nitrogens is 2. The molecule has 0 fully saturated rings. The molecule has 6 nitrogen and oxygen atoms in total. The van der Waals surface area contributed by atoms with E-state index < -0.39 is 24.5 Å². The third-order valence-electron chi connectivity index (χ3n) is 3.96. The van der Waals surface area contributed by atoms with Gasteiger partial charge in [-0.25, -0.2) is 0 Å². The first-order valence-corrected chi connectivity index (χ1v) is 17.9. The van der Waals surface area contributed by atoms with E-state index >= 15 is 0 Å². The zero-order valence-corrected chi connectivity index (χ0v) is 17.1. The summed E-state index contributed by atoms with van der Waals surface area (Å²) in [4.78, 5) is 37.5. The van der Waals surface area contributed by atoms with Gasteiger partial charge in [0, 0.05) is 0 Å². The van der Waals surface area contributed by atoms with Crippen LogP contribution in [0.5, 0.6) is 0 Å². The summed E-state index contributed by atoms with van der Waals surface area (Å²) in [5, 5.41) is 10.9. The van der Waals surface area contributed by atoms with Gasteiger partial charge >= 0.3 is 149 Å². The molecule has 128 valence electrons. The van der Waals surface area contributed by atoms with E-state index in [4.69, 9.17) is 5.11 Å². The standard InChI is InChI=1S/C15H10N3O3.3CH3.Sn/c19-13(9-4-2-1-3-5-9)10-6-7-11-12(8-10)17-14(16-11)18-15(20)21;;;;/h1-2,4-8H,(H,20,21)(H2,16,17,18);3*1H3;. The van der Waals surface area contributed by atoms with Gasteiger partial charge in [-0.2, -0.15) is 0 Å². The average molecular weight is 444 g/mol. The summed E-state index contributed by atoms with van der Waals surface area (Å²) in [5.74, 6) is 0.0749. The molecule has 1 amide bonds. The van der Waals surface area contributed by atoms with E-state index in [1.807, 2.05) is 18.2 Å². The monoisotopic (exact) mass is 445 g/mol. The summed E-state index contributed by atoms with van der Waals surface area (Å²) in [6.45, 7) is 0. The molecule has 3 aromatic rings. The van der Waals surface area contributed by atoms with Crippen molar-refractivity contribution in [3.63, 3.8) is 0 Å². The molecule has 25 heavy (non-hydrogen) atoms. The number of aromatic amines is 1. The number of benzene rings is 2. The van der Waals surface area contributed by atoms with E-state index in [2.05, 4.69) is 36.2 Å². The molecule has 2 aromatic carbocycles. The molecule has 0 bridgehead atoms. The van der Waals surface area contributed by atoms with E-state index in [-0.39, 0.29) is 11.7 Å². The van der Waals surface area contributed by atoms with Crippen molar-refractivity contribution in [1.82, 2.24) is 9.97 Å². The number of imidazole rings is 1. The summed E-state index contributed by atoms with van der Waals surface area (Å²) in [6, 6.07) is 13.0. The van der Waals surface area contributed by atoms with E-state index in [1.54, 1.807) is 18.2 Å². The SMILES string of the molecule is [CH3][Sn]([CH3])([CH3])[c]1cccc(C(=O)c2ccc3[nH]c(NC(=O)O)nc3c2)c1. The van der Waals surface area contributed by atoms with Crippen LogP contribution in [0.4, 0.5) is 10.7 Å². The van der Waals surface area contributed by atoms with Crippen molar-refractivity contribution in [2.45, 2.75) is 14.8 Å². The minimum atomic E-state index is -2.25. The van der Waals surface area contributed by atoms with Crippen LogP contribution in [-0.4, -0.2) is 45.3 Å². The topological polar surface area (TPSA) is 95.1 Å². The van der Waals surface area contributed by atoms with Gasteiger partial charge in [-0.3, -0.25) is 0 Å². The summed E-state index contributed by atoms with van der Waals surface area (Å²) >= 11 is -2.25. The van der Waals surface area contributed by atoms with Gasteiger partial charge in [0.05, 0.1) is 0 Å². The maximum absolute atomic E-state index is 12.8. The Hall–Kier alpha value is -2.35. The first-order valence-electron chi connectivity index (χ1n) is 7.89. The fourth-order valence-electron chi connectivity index (χ4n) is 2.60. The Morgan fingerprint density at radius 1 is 1.08 bits per heavy atom. The van der Waals surface area contributed by atoms with Crippen molar-refractivity contribution in [3.8, 4) is 0 Å². The molecule has 1 heterocycles. The summed E-state index contributed by atoms with van der Waals surface area (Å²) in [6.07, 6.45) is -1.19. The van der Waals surface area contributed by atoms with E-state index in [9.17, 15) is 9.59 Å². The second kappa shape index (κ2) is 6.51. The summed E-state index contributed by atoms with van der Waals surface area (Å²) < 4.78 is 1.30. The number of nitrogens with one attached hydrogen (secondary N) is 2. The molecule has 1 aromatic heterocycles. The molecule has 7 heteroatoms. The predicted molar refractivity (Wildman–Crippen MR) is 101 cm³/mol. The van der Waals surface area contributed by atoms with Crippen LogP contribution >= 0.6 is 0 Å². The van der Waals surface area contributed by atoms with E-state index in [1.165, 1.54) is 3.58 Å². The Balaban J connectivity index is 1.96. The van der Waals surface area contributed by atoms with Crippen LogP contribution in [0, 0.1) is 0 Å². The summed E-state index contributed by atoms with van der Waals surface area (Å²) in [5.41, 5.74) is 2.41. The zero-order valence-electron chi connectivity index (χ0n) is 14.3. The van der Waals surface area contributed by atoms with Gasteiger partial charge < -0.3 is 0 Å². The Kier molecular flexibility index (Phi) is 4.55. The molecule has 0 radical (unpaired) electrons. The van der Waals surface area contributed by atoms with Gasteiger partial charge in [0.2, 0.25) is 0 Å². The second-order valence-corrected chi connectivity index (χ2v) is 21.4. The number of hydrogen-bond donors (Lipinski definition) is 3. The van der Waals surface area contributed by atoms with Crippen LogP contribution in [0.15, 0.2) is 42.5 Å². The van der Waals surface area contributed by atoms with Crippen LogP contribution < -0.4 is 8.90 Å². The summed E-state index contributed by atoms with van der Waals surface area (Å²) in [7, 11) is 0. The number of hydrogen-bond acceptors (Lipinski definition) is 3. The Morgan fingerprint density at radius 3 is 2.48 bits per heavy atom. The number of fused-ring (bicyclic) bond motifs is 1. The fourth-order valence-corrected chi connectivity index (χ4v) is 5.98. The number of anilines is 1. The van der Waals surface area contributed by atoms with Crippen molar-refractivity contribution in [2.75, 3.05) is 5.32 Å². The Labute approximate surface area is 149 Å². The van der Waals surface area contributed by atoms with Crippen LogP contribution in [0.2, 0.25) is 14.8 Å². The third kappa shape index (κ3) is 3.84. The number of carbonyl (C=O) groups is 2. The third-order valence-corrected chi connectivity index (χ3v) is 9.79. The van der Waals surface area contributed by atoms with Crippen LogP contribution in [0.25, 0.3) is 11.0 Å². The molecular formula is C18H19N3O3Sn. The van der Waals surface area contributed by atoms with Gasteiger partial charge in [-0.1, -0.05) is 0 Å². The number of amides is 1. The molecule has 0 aliphatic rings. The van der Waals surface area contributed by atoms with E-state index in [0.717, 1.165) is 0 Å². The maximum atomic E-state index is 12.8. The first-order chi connectivity index (χ1) is 11.7. The van der Waals surface area contributed by atoms with Gasteiger partial charge in [0.25, 0.3) is 0 Å². The van der Waals surface area contributed by atoms with Crippen LogP contribution in [0.3, 0.4) is 0 Å². The molecule has 0 unspecified atom stereocenters. The van der Waals surface area contributed by atoms with E-state index in [0.29, 0.717) is 22.2 Å². The Bertz CT molecular complexity index is 973. The zero-order chi connectivity index (χ0) is 18.2. The van der Waals surface area contributed by atoms with Crippen LogP contribution in [0.1, 0.15) is 15.9 Å². The molecule has 0 saturated heterocycles. The van der Waals surface area contributed by atoms with Crippen molar-refractivity contribution in [2.24, 2.45) is 0 Å². The number of carbonyl (C=O) groups excluding carboxylic acids is 1. The molecule has 0 aliphatic heterocycles. The van der Waals surface area contributed by atoms with Crippen molar-refractivity contribution in [1.29, 1.82) is 0 Å². The quantitative estimate of drug-likeness (QED) is 0.425. The number of carboxylic acid groups (broad SMARTS) is 1. The molecular weight excluding hydrogens is 425 g/mol. The fraction of sp³-hybridized carbons (Fsp3) is 0.167. The van der Waals surface area contributed by atoms with Gasteiger partial charge in [-0.05, 0) is 0 Å². The Morgan fingerprint density at radius 2 is 1.80 bits per heavy atom. The molecule has 3 N–H and O–H groups in total. The predicted octanol–water partition coefficient (Wildman–Crippen LogP) is 3.43. The molecule has 0 saturated carbocycles.